The summed E-state index contributed by atoms with van der Waals surface area (Å²) in [5, 5.41) is 0. The van der Waals surface area contributed by atoms with Gasteiger partial charge in [-0.3, -0.25) is 4.79 Å². The number of ether oxygens (including phenoxy) is 1. The number of rotatable bonds is 4. The summed E-state index contributed by atoms with van der Waals surface area (Å²) in [5.41, 5.74) is 1.11. The van der Waals surface area contributed by atoms with E-state index in [0.717, 1.165) is 11.3 Å². The molecule has 0 aliphatic carbocycles. The molecule has 1 amide bonds. The number of amides is 1. The molecule has 0 bridgehead atoms. The number of carbonyl (C=O) groups excluding carboxylic acids is 1. The molecule has 0 aromatic heterocycles. The summed E-state index contributed by atoms with van der Waals surface area (Å²) in [4.78, 5) is 13.8. The van der Waals surface area contributed by atoms with Crippen LogP contribution < -0.4 is 4.74 Å². The Balaban J connectivity index is 2.09. The number of benzene rings is 1. The van der Waals surface area contributed by atoms with Gasteiger partial charge in [-0.05, 0) is 31.5 Å². The van der Waals surface area contributed by atoms with Gasteiger partial charge in [0, 0.05) is 18.9 Å². The van der Waals surface area contributed by atoms with Gasteiger partial charge in [-0.15, -0.1) is 12.3 Å². The molecule has 1 aromatic rings. The molecule has 3 nitrogen and oxygen atoms in total. The molecule has 1 aliphatic rings. The van der Waals surface area contributed by atoms with Crippen LogP contribution in [0.2, 0.25) is 0 Å². The first kappa shape index (κ1) is 13.5. The summed E-state index contributed by atoms with van der Waals surface area (Å²) < 4.78 is 5.41. The Labute approximate surface area is 114 Å². The third-order valence-corrected chi connectivity index (χ3v) is 3.54. The van der Waals surface area contributed by atoms with Crippen LogP contribution in [0.5, 0.6) is 5.75 Å². The van der Waals surface area contributed by atoms with E-state index in [1.54, 1.807) is 0 Å². The van der Waals surface area contributed by atoms with E-state index in [4.69, 9.17) is 11.2 Å². The zero-order valence-corrected chi connectivity index (χ0v) is 11.4. The summed E-state index contributed by atoms with van der Waals surface area (Å²) in [7, 11) is 0. The molecule has 0 radical (unpaired) electrons. The standard InChI is InChI=1S/C16H19NO2/c1-4-13-10-16(18)17(11-13)12(3)14-6-8-15(9-7-14)19-5-2/h1,6-9,12-13H,5,10-11H2,2-3H3. The quantitative estimate of drug-likeness (QED) is 0.776. The van der Waals surface area contributed by atoms with E-state index >= 15 is 0 Å². The van der Waals surface area contributed by atoms with E-state index in [2.05, 4.69) is 5.92 Å². The van der Waals surface area contributed by atoms with Crippen molar-refractivity contribution in [1.29, 1.82) is 0 Å². The molecular formula is C16H19NO2. The Bertz CT molecular complexity index is 486. The predicted molar refractivity (Wildman–Crippen MR) is 74.7 cm³/mol. The first-order valence-corrected chi connectivity index (χ1v) is 6.64. The average Bonchev–Trinajstić information content (AvgIpc) is 2.80. The van der Waals surface area contributed by atoms with Crippen molar-refractivity contribution < 1.29 is 9.53 Å². The van der Waals surface area contributed by atoms with Crippen LogP contribution in [0.1, 0.15) is 31.9 Å². The number of carbonyl (C=O) groups is 1. The van der Waals surface area contributed by atoms with Crippen LogP contribution in [0.25, 0.3) is 0 Å². The molecule has 1 aliphatic heterocycles. The molecule has 100 valence electrons. The highest BCUT2D eigenvalue weighted by Crippen LogP contribution is 2.29. The lowest BCUT2D eigenvalue weighted by atomic mass is 10.1. The van der Waals surface area contributed by atoms with E-state index in [1.807, 2.05) is 43.0 Å². The maximum Gasteiger partial charge on any atom is 0.224 e. The molecule has 1 saturated heterocycles. The molecule has 0 spiro atoms. The molecule has 2 rings (SSSR count). The summed E-state index contributed by atoms with van der Waals surface area (Å²) >= 11 is 0. The van der Waals surface area contributed by atoms with Gasteiger partial charge in [0.15, 0.2) is 0 Å². The van der Waals surface area contributed by atoms with Gasteiger partial charge in [0.25, 0.3) is 0 Å². The number of likely N-dealkylation sites (tertiary alicyclic amines) is 1. The van der Waals surface area contributed by atoms with Gasteiger partial charge in [-0.1, -0.05) is 12.1 Å². The van der Waals surface area contributed by atoms with Crippen molar-refractivity contribution in [2.24, 2.45) is 5.92 Å². The van der Waals surface area contributed by atoms with Crippen LogP contribution in [0, 0.1) is 18.3 Å². The Hall–Kier alpha value is -1.95. The lowest BCUT2D eigenvalue weighted by molar-refractivity contribution is -0.129. The van der Waals surface area contributed by atoms with E-state index in [1.165, 1.54) is 0 Å². The van der Waals surface area contributed by atoms with Crippen LogP contribution in [-0.4, -0.2) is 24.0 Å². The van der Waals surface area contributed by atoms with E-state index in [-0.39, 0.29) is 17.9 Å². The van der Waals surface area contributed by atoms with Crippen molar-refractivity contribution >= 4 is 5.91 Å². The second kappa shape index (κ2) is 5.79. The minimum atomic E-state index is 0.0534. The van der Waals surface area contributed by atoms with Gasteiger partial charge >= 0.3 is 0 Å². The fourth-order valence-corrected chi connectivity index (χ4v) is 2.41. The van der Waals surface area contributed by atoms with Crippen LogP contribution in [0.4, 0.5) is 0 Å². The van der Waals surface area contributed by atoms with Gasteiger partial charge in [0.1, 0.15) is 5.75 Å². The topological polar surface area (TPSA) is 29.5 Å². The molecule has 2 unspecified atom stereocenters. The van der Waals surface area contributed by atoms with E-state index < -0.39 is 0 Å². The SMILES string of the molecule is C#CC1CC(=O)N(C(C)c2ccc(OCC)cc2)C1. The zero-order chi connectivity index (χ0) is 13.8. The highest BCUT2D eigenvalue weighted by Gasteiger charge is 2.31. The van der Waals surface area contributed by atoms with Crippen LogP contribution >= 0.6 is 0 Å². The largest absolute Gasteiger partial charge is 0.494 e. The van der Waals surface area contributed by atoms with Crippen molar-refractivity contribution in [3.05, 3.63) is 29.8 Å². The third kappa shape index (κ3) is 2.90. The van der Waals surface area contributed by atoms with Gasteiger partial charge in [-0.2, -0.15) is 0 Å². The Morgan fingerprint density at radius 1 is 1.47 bits per heavy atom. The number of nitrogens with zero attached hydrogens (tertiary/aromatic N) is 1. The lowest BCUT2D eigenvalue weighted by Gasteiger charge is -2.25. The highest BCUT2D eigenvalue weighted by atomic mass is 16.5. The normalized spacial score (nSPS) is 20.2. The molecule has 19 heavy (non-hydrogen) atoms. The Morgan fingerprint density at radius 2 is 2.16 bits per heavy atom. The smallest absolute Gasteiger partial charge is 0.224 e. The fourth-order valence-electron chi connectivity index (χ4n) is 2.41. The maximum absolute atomic E-state index is 11.9. The molecule has 0 saturated carbocycles. The van der Waals surface area contributed by atoms with Crippen molar-refractivity contribution in [3.8, 4) is 18.1 Å². The van der Waals surface area contributed by atoms with Crippen LogP contribution in [0.15, 0.2) is 24.3 Å². The zero-order valence-electron chi connectivity index (χ0n) is 11.4. The second-order valence-electron chi connectivity index (χ2n) is 4.79. The second-order valence-corrected chi connectivity index (χ2v) is 4.79. The van der Waals surface area contributed by atoms with Crippen LogP contribution in [0.3, 0.4) is 0 Å². The average molecular weight is 257 g/mol. The van der Waals surface area contributed by atoms with Crippen molar-refractivity contribution in [2.45, 2.75) is 26.3 Å². The van der Waals surface area contributed by atoms with Gasteiger partial charge in [0.05, 0.1) is 12.6 Å². The summed E-state index contributed by atoms with van der Waals surface area (Å²) in [6.45, 7) is 5.30. The summed E-state index contributed by atoms with van der Waals surface area (Å²) in [6, 6.07) is 7.95. The monoisotopic (exact) mass is 257 g/mol. The molecular weight excluding hydrogens is 238 g/mol. The fraction of sp³-hybridized carbons (Fsp3) is 0.438. The third-order valence-electron chi connectivity index (χ3n) is 3.54. The molecule has 1 heterocycles. The van der Waals surface area contributed by atoms with Crippen molar-refractivity contribution in [3.63, 3.8) is 0 Å². The van der Waals surface area contributed by atoms with Gasteiger partial charge in [0.2, 0.25) is 5.91 Å². The molecule has 3 heteroatoms. The molecule has 0 N–H and O–H groups in total. The number of terminal acetylenes is 1. The minimum absolute atomic E-state index is 0.0534. The molecule has 2 atom stereocenters. The van der Waals surface area contributed by atoms with Crippen molar-refractivity contribution in [1.82, 2.24) is 4.90 Å². The number of hydrogen-bond acceptors (Lipinski definition) is 2. The number of hydrogen-bond donors (Lipinski definition) is 0. The highest BCUT2D eigenvalue weighted by molar-refractivity contribution is 5.79. The minimum Gasteiger partial charge on any atom is -0.494 e. The molecule has 1 aromatic carbocycles. The Morgan fingerprint density at radius 3 is 2.68 bits per heavy atom. The van der Waals surface area contributed by atoms with Crippen molar-refractivity contribution in [2.75, 3.05) is 13.2 Å². The van der Waals surface area contributed by atoms with E-state index in [0.29, 0.717) is 19.6 Å². The first-order valence-electron chi connectivity index (χ1n) is 6.64. The summed E-state index contributed by atoms with van der Waals surface area (Å²) in [6.07, 6.45) is 5.87. The predicted octanol–water partition coefficient (Wildman–Crippen LogP) is 2.63. The lowest BCUT2D eigenvalue weighted by Crippen LogP contribution is -2.28. The Kier molecular flexibility index (Phi) is 4.11. The maximum atomic E-state index is 11.9. The molecule has 1 fully saturated rings. The first-order chi connectivity index (χ1) is 9.15. The van der Waals surface area contributed by atoms with Crippen LogP contribution in [-0.2, 0) is 4.79 Å². The van der Waals surface area contributed by atoms with E-state index in [9.17, 15) is 4.79 Å². The summed E-state index contributed by atoms with van der Waals surface area (Å²) in [5.74, 6) is 3.72. The van der Waals surface area contributed by atoms with Gasteiger partial charge in [-0.25, -0.2) is 0 Å². The van der Waals surface area contributed by atoms with Gasteiger partial charge < -0.3 is 9.64 Å².